The van der Waals surface area contributed by atoms with E-state index in [-0.39, 0.29) is 23.5 Å². The summed E-state index contributed by atoms with van der Waals surface area (Å²) in [6.07, 6.45) is 1.54. The number of halogens is 3. The van der Waals surface area contributed by atoms with Crippen LogP contribution in [0.2, 0.25) is 0 Å². The van der Waals surface area contributed by atoms with Gasteiger partial charge in [-0.05, 0) is 68.4 Å². The van der Waals surface area contributed by atoms with Gasteiger partial charge in [-0.15, -0.1) is 0 Å². The van der Waals surface area contributed by atoms with Crippen molar-refractivity contribution in [3.05, 3.63) is 65.1 Å². The molecule has 0 saturated carbocycles. The van der Waals surface area contributed by atoms with Gasteiger partial charge in [-0.25, -0.2) is 4.98 Å². The van der Waals surface area contributed by atoms with E-state index in [4.69, 9.17) is 0 Å². The van der Waals surface area contributed by atoms with Crippen LogP contribution in [0.3, 0.4) is 0 Å². The molecular formula is C26H29F3N4O. The molecule has 0 radical (unpaired) electrons. The minimum Gasteiger partial charge on any atom is -0.370 e. The summed E-state index contributed by atoms with van der Waals surface area (Å²) in [6.45, 7) is 7.74. The second-order valence-corrected chi connectivity index (χ2v) is 8.80. The zero-order valence-electron chi connectivity index (χ0n) is 19.7. The Balaban J connectivity index is 1.72. The van der Waals surface area contributed by atoms with Crippen molar-refractivity contribution in [3.63, 3.8) is 0 Å². The van der Waals surface area contributed by atoms with Gasteiger partial charge in [0, 0.05) is 49.7 Å². The molecule has 180 valence electrons. The number of anilines is 1. The van der Waals surface area contributed by atoms with Gasteiger partial charge in [0.2, 0.25) is 0 Å². The molecule has 1 aliphatic rings. The first-order valence-corrected chi connectivity index (χ1v) is 11.5. The maximum atomic E-state index is 13.4. The highest BCUT2D eigenvalue weighted by atomic mass is 19.4. The fraction of sp³-hybridized carbons (Fsp3) is 0.385. The van der Waals surface area contributed by atoms with Gasteiger partial charge in [-0.2, -0.15) is 13.2 Å². The molecule has 2 aromatic heterocycles. The largest absolute Gasteiger partial charge is 0.419 e. The molecule has 0 aliphatic carbocycles. The lowest BCUT2D eigenvalue weighted by Crippen LogP contribution is -2.28. The smallest absolute Gasteiger partial charge is 0.370 e. The number of aryl methyl sites for hydroxylation is 1. The number of benzene rings is 1. The van der Waals surface area contributed by atoms with Crippen molar-refractivity contribution >= 4 is 28.8 Å². The Hall–Kier alpha value is -3.13. The number of alkyl halides is 3. The van der Waals surface area contributed by atoms with Crippen LogP contribution in [0, 0.1) is 6.92 Å². The first kappa shape index (κ1) is 24.0. The number of allylic oxidation sites excluding steroid dienone is 1. The van der Waals surface area contributed by atoms with E-state index in [9.17, 15) is 18.0 Å². The number of carbonyl (C=O) groups is 1. The minimum atomic E-state index is -4.53. The van der Waals surface area contributed by atoms with Crippen LogP contribution < -0.4 is 4.90 Å². The van der Waals surface area contributed by atoms with E-state index in [0.29, 0.717) is 5.57 Å². The topological polar surface area (TPSA) is 40.9 Å². The average Bonchev–Trinajstić information content (AvgIpc) is 3.11. The number of nitrogens with zero attached hydrogens (tertiary/aromatic N) is 4. The van der Waals surface area contributed by atoms with Crippen molar-refractivity contribution in [1.82, 2.24) is 14.3 Å². The van der Waals surface area contributed by atoms with E-state index < -0.39 is 11.7 Å². The maximum absolute atomic E-state index is 13.4. The number of pyridine rings is 1. The van der Waals surface area contributed by atoms with Gasteiger partial charge in [0.15, 0.2) is 5.78 Å². The summed E-state index contributed by atoms with van der Waals surface area (Å²) in [5, 5.41) is 0. The van der Waals surface area contributed by atoms with Crippen LogP contribution in [-0.4, -0.2) is 53.3 Å². The Morgan fingerprint density at radius 1 is 1.15 bits per heavy atom. The molecule has 1 fully saturated rings. The normalized spacial score (nSPS) is 16.2. The quantitative estimate of drug-likeness (QED) is 0.473. The molecule has 0 amide bonds. The molecule has 0 atom stereocenters. The molecular weight excluding hydrogens is 441 g/mol. The van der Waals surface area contributed by atoms with Gasteiger partial charge in [-0.3, -0.25) is 4.79 Å². The maximum Gasteiger partial charge on any atom is 0.419 e. The molecule has 1 aromatic carbocycles. The van der Waals surface area contributed by atoms with Gasteiger partial charge >= 0.3 is 6.18 Å². The van der Waals surface area contributed by atoms with E-state index in [0.717, 1.165) is 55.5 Å². The predicted octanol–water partition coefficient (Wildman–Crippen LogP) is 5.32. The number of carbonyl (C=O) groups excluding carboxylic acids is 1. The monoisotopic (exact) mass is 470 g/mol. The van der Waals surface area contributed by atoms with Crippen molar-refractivity contribution in [1.29, 1.82) is 0 Å². The van der Waals surface area contributed by atoms with Crippen LogP contribution in [0.1, 0.15) is 42.1 Å². The predicted molar refractivity (Wildman–Crippen MR) is 129 cm³/mol. The molecule has 8 heteroatoms. The molecule has 5 nitrogen and oxygen atoms in total. The van der Waals surface area contributed by atoms with Gasteiger partial charge < -0.3 is 14.2 Å². The molecule has 3 aromatic rings. The van der Waals surface area contributed by atoms with Gasteiger partial charge in [0.25, 0.3) is 0 Å². The zero-order chi connectivity index (χ0) is 24.5. The van der Waals surface area contributed by atoms with Crippen LogP contribution in [0.15, 0.2) is 42.7 Å². The molecule has 3 heterocycles. The molecule has 4 rings (SSSR count). The Kier molecular flexibility index (Phi) is 6.79. The Bertz CT molecular complexity index is 1230. The van der Waals surface area contributed by atoms with Crippen LogP contribution in [0.4, 0.5) is 18.9 Å². The van der Waals surface area contributed by atoms with Gasteiger partial charge in [0.1, 0.15) is 5.65 Å². The van der Waals surface area contributed by atoms with Crippen molar-refractivity contribution in [3.8, 4) is 0 Å². The molecule has 0 spiro atoms. The van der Waals surface area contributed by atoms with Crippen molar-refractivity contribution in [2.24, 2.45) is 0 Å². The molecule has 1 saturated heterocycles. The lowest BCUT2D eigenvalue weighted by atomic mass is 9.99. The lowest BCUT2D eigenvalue weighted by Gasteiger charge is -2.23. The third-order valence-corrected chi connectivity index (χ3v) is 6.32. The van der Waals surface area contributed by atoms with E-state index >= 15 is 0 Å². The fourth-order valence-electron chi connectivity index (χ4n) is 4.33. The molecule has 1 aliphatic heterocycles. The number of hydrogen-bond donors (Lipinski definition) is 0. The SMILES string of the molecule is CCC(=O)/C(=C\c1ccc(N2CCCN(C)CC2)cc1C)c1cn2cccc(C(F)(F)F)c2n1. The van der Waals surface area contributed by atoms with E-state index in [1.807, 2.05) is 19.1 Å². The third kappa shape index (κ3) is 5.01. The van der Waals surface area contributed by atoms with Crippen molar-refractivity contribution < 1.29 is 18.0 Å². The first-order valence-electron chi connectivity index (χ1n) is 11.5. The average molecular weight is 471 g/mol. The van der Waals surface area contributed by atoms with Crippen LogP contribution in [-0.2, 0) is 11.0 Å². The summed E-state index contributed by atoms with van der Waals surface area (Å²) in [4.78, 5) is 21.7. The summed E-state index contributed by atoms with van der Waals surface area (Å²) in [7, 11) is 2.13. The summed E-state index contributed by atoms with van der Waals surface area (Å²) in [5.41, 5.74) is 2.49. The van der Waals surface area contributed by atoms with Gasteiger partial charge in [0.05, 0.1) is 11.3 Å². The number of fused-ring (bicyclic) bond motifs is 1. The molecule has 34 heavy (non-hydrogen) atoms. The zero-order valence-corrected chi connectivity index (χ0v) is 19.7. The molecule has 0 unspecified atom stereocenters. The second-order valence-electron chi connectivity index (χ2n) is 8.80. The lowest BCUT2D eigenvalue weighted by molar-refractivity contribution is -0.136. The molecule has 0 N–H and O–H groups in total. The van der Waals surface area contributed by atoms with Crippen molar-refractivity contribution in [2.75, 3.05) is 38.1 Å². The minimum absolute atomic E-state index is 0.170. The molecule has 0 bridgehead atoms. The van der Waals surface area contributed by atoms with Crippen LogP contribution >= 0.6 is 0 Å². The van der Waals surface area contributed by atoms with Crippen molar-refractivity contribution in [2.45, 2.75) is 32.9 Å². The van der Waals surface area contributed by atoms with E-state index in [1.165, 1.54) is 22.9 Å². The highest BCUT2D eigenvalue weighted by Crippen LogP contribution is 2.33. The summed E-state index contributed by atoms with van der Waals surface area (Å²) < 4.78 is 41.7. The number of hydrogen-bond acceptors (Lipinski definition) is 4. The number of ketones is 1. The van der Waals surface area contributed by atoms with Gasteiger partial charge in [-0.1, -0.05) is 13.0 Å². The number of imidazole rings is 1. The Morgan fingerprint density at radius 2 is 1.94 bits per heavy atom. The number of Topliss-reactive ketones (excluding diaryl/α,β-unsaturated/α-hetero) is 1. The Morgan fingerprint density at radius 3 is 2.65 bits per heavy atom. The van der Waals surface area contributed by atoms with E-state index in [1.54, 1.807) is 13.0 Å². The summed E-state index contributed by atoms with van der Waals surface area (Å²) in [6, 6.07) is 8.45. The van der Waals surface area contributed by atoms with Crippen LogP contribution in [0.25, 0.3) is 17.3 Å². The number of likely N-dealkylation sites (N-methyl/N-ethyl adjacent to an activating group) is 1. The third-order valence-electron chi connectivity index (χ3n) is 6.32. The second kappa shape index (κ2) is 9.62. The number of aromatic nitrogens is 2. The Labute approximate surface area is 197 Å². The van der Waals surface area contributed by atoms with Crippen LogP contribution in [0.5, 0.6) is 0 Å². The first-order chi connectivity index (χ1) is 16.2. The highest BCUT2D eigenvalue weighted by molar-refractivity contribution is 6.24. The highest BCUT2D eigenvalue weighted by Gasteiger charge is 2.34. The summed E-state index contributed by atoms with van der Waals surface area (Å²) >= 11 is 0. The standard InChI is InChI=1S/C26H29F3N4O/c1-4-24(34)21(23-17-33-11-5-7-22(25(33)30-23)26(27,28)29)16-19-8-9-20(15-18(19)2)32-12-6-10-31(3)13-14-32/h5,7-9,11,15-17H,4,6,10,12-14H2,1-3H3/b21-16-. The fourth-order valence-corrected chi connectivity index (χ4v) is 4.33. The number of rotatable bonds is 5. The van der Waals surface area contributed by atoms with E-state index in [2.05, 4.69) is 27.9 Å². The summed E-state index contributed by atoms with van der Waals surface area (Å²) in [5.74, 6) is -0.170.